The third kappa shape index (κ3) is 5.54. The minimum Gasteiger partial charge on any atom is -0.354 e. The molecule has 0 bridgehead atoms. The summed E-state index contributed by atoms with van der Waals surface area (Å²) in [4.78, 5) is 6.86. The van der Waals surface area contributed by atoms with Crippen molar-refractivity contribution in [2.75, 3.05) is 25.0 Å². The van der Waals surface area contributed by atoms with E-state index >= 15 is 0 Å². The molecule has 5 rings (SSSR count). The number of hydrogen-bond acceptors (Lipinski definition) is 6. The monoisotopic (exact) mass is 537 g/mol. The van der Waals surface area contributed by atoms with Crippen molar-refractivity contribution in [2.45, 2.75) is 38.6 Å². The predicted octanol–water partition coefficient (Wildman–Crippen LogP) is 6.33. The first-order valence-electron chi connectivity index (χ1n) is 12.3. The Balaban J connectivity index is 1.38. The third-order valence-corrected chi connectivity index (χ3v) is 7.48. The quantitative estimate of drug-likeness (QED) is 0.296. The number of nitrogens with one attached hydrogen (secondary N) is 1. The second-order valence-electron chi connectivity index (χ2n) is 9.24. The molecule has 0 atom stereocenters. The molecule has 0 amide bonds. The van der Waals surface area contributed by atoms with Crippen molar-refractivity contribution < 1.29 is 4.39 Å². The molecule has 1 aliphatic heterocycles. The summed E-state index contributed by atoms with van der Waals surface area (Å²) in [5.41, 5.74) is 3.93. The molecule has 0 radical (unpaired) electrons. The van der Waals surface area contributed by atoms with Crippen LogP contribution in [0.4, 0.5) is 15.8 Å². The number of fused-ring (bicyclic) bond motifs is 1. The van der Waals surface area contributed by atoms with Gasteiger partial charge in [-0.3, -0.25) is 4.98 Å². The van der Waals surface area contributed by atoms with Crippen LogP contribution in [-0.2, 0) is 12.8 Å². The molecule has 2 aromatic heterocycles. The Morgan fingerprint density at radius 3 is 2.68 bits per heavy atom. The first-order valence-corrected chi connectivity index (χ1v) is 13.1. The van der Waals surface area contributed by atoms with Gasteiger partial charge < -0.3 is 10.2 Å². The highest BCUT2D eigenvalue weighted by Crippen LogP contribution is 2.34. The smallest absolute Gasteiger partial charge is 0.141 e. The largest absolute Gasteiger partial charge is 0.354 e. The molecule has 0 saturated carbocycles. The summed E-state index contributed by atoms with van der Waals surface area (Å²) in [5, 5.41) is 22.9. The van der Waals surface area contributed by atoms with Gasteiger partial charge in [-0.25, -0.2) is 9.07 Å². The minimum absolute atomic E-state index is 0.00967. The maximum atomic E-state index is 13.7. The Hall–Kier alpha value is -3.25. The van der Waals surface area contributed by atoms with E-state index in [-0.39, 0.29) is 5.02 Å². The van der Waals surface area contributed by atoms with Crippen LogP contribution in [0.5, 0.6) is 0 Å². The molecule has 1 fully saturated rings. The summed E-state index contributed by atoms with van der Waals surface area (Å²) in [6.45, 7) is 5.46. The fraction of sp³-hybridized carbons (Fsp3) is 0.333. The van der Waals surface area contributed by atoms with E-state index in [1.54, 1.807) is 6.07 Å². The van der Waals surface area contributed by atoms with Crippen molar-refractivity contribution in [2.24, 2.45) is 0 Å². The molecule has 4 aromatic rings. The SMILES string of the molecule is CCN1CCC(n2cc(CCc3cc(Cl)c4ncc(C#N)c(Nc5ccc(F)c(Cl)c5)c4c3)nn2)CC1. The number of benzene rings is 2. The average molecular weight is 538 g/mol. The summed E-state index contributed by atoms with van der Waals surface area (Å²) in [6.07, 6.45) is 7.10. The van der Waals surface area contributed by atoms with Crippen molar-refractivity contribution in [1.82, 2.24) is 24.9 Å². The standard InChI is InChI=1S/C27H26Cl2FN7/c1-2-36-9-7-21(8-10-36)37-16-20(34-35-37)4-3-17-11-22-26(33-19-5-6-25(30)23(28)13-19)18(14-31)15-32-27(22)24(29)12-17/h5-6,11-13,15-16,21H,2-4,7-10H2,1H3,(H,32,33). The Kier molecular flexibility index (Phi) is 7.56. The average Bonchev–Trinajstić information content (AvgIpc) is 3.39. The molecule has 0 unspecified atom stereocenters. The summed E-state index contributed by atoms with van der Waals surface area (Å²) < 4.78 is 15.7. The normalized spacial score (nSPS) is 14.7. The molecule has 1 saturated heterocycles. The number of nitrogens with zero attached hydrogens (tertiary/aromatic N) is 6. The number of hydrogen-bond donors (Lipinski definition) is 1. The third-order valence-electron chi connectivity index (χ3n) is 6.90. The lowest BCUT2D eigenvalue weighted by molar-refractivity contribution is 0.186. The number of nitriles is 1. The topological polar surface area (TPSA) is 82.7 Å². The van der Waals surface area contributed by atoms with Crippen LogP contribution in [-0.4, -0.2) is 44.5 Å². The van der Waals surface area contributed by atoms with Crippen molar-refractivity contribution in [3.8, 4) is 6.07 Å². The first-order chi connectivity index (χ1) is 17.9. The van der Waals surface area contributed by atoms with Crippen molar-refractivity contribution in [3.63, 3.8) is 0 Å². The molecule has 7 nitrogen and oxygen atoms in total. The Bertz CT molecular complexity index is 1470. The van der Waals surface area contributed by atoms with Gasteiger partial charge in [0, 0.05) is 36.6 Å². The van der Waals surface area contributed by atoms with Gasteiger partial charge in [-0.15, -0.1) is 5.10 Å². The number of aryl methyl sites for hydroxylation is 2. The van der Waals surface area contributed by atoms with Crippen LogP contribution in [0.3, 0.4) is 0 Å². The van der Waals surface area contributed by atoms with Gasteiger partial charge in [-0.1, -0.05) is 35.3 Å². The van der Waals surface area contributed by atoms with E-state index in [4.69, 9.17) is 23.2 Å². The molecule has 1 N–H and O–H groups in total. The zero-order valence-corrected chi connectivity index (χ0v) is 21.9. The van der Waals surface area contributed by atoms with Gasteiger partial charge in [0.05, 0.1) is 38.5 Å². The molecular formula is C27H26Cl2FN7. The number of piperidine rings is 1. The van der Waals surface area contributed by atoms with Gasteiger partial charge in [-0.05, 0) is 68.1 Å². The number of anilines is 2. The van der Waals surface area contributed by atoms with Gasteiger partial charge in [0.25, 0.3) is 0 Å². The molecule has 10 heteroatoms. The van der Waals surface area contributed by atoms with Gasteiger partial charge in [0.2, 0.25) is 0 Å². The number of rotatable bonds is 7. The highest BCUT2D eigenvalue weighted by Gasteiger charge is 2.21. The maximum absolute atomic E-state index is 13.7. The van der Waals surface area contributed by atoms with Crippen LogP contribution in [0.2, 0.25) is 10.0 Å². The number of pyridine rings is 1. The van der Waals surface area contributed by atoms with E-state index in [0.717, 1.165) is 43.7 Å². The van der Waals surface area contributed by atoms with Crippen LogP contribution < -0.4 is 5.32 Å². The van der Waals surface area contributed by atoms with Gasteiger partial charge >= 0.3 is 0 Å². The predicted molar refractivity (Wildman–Crippen MR) is 144 cm³/mol. The second kappa shape index (κ2) is 11.0. The number of likely N-dealkylation sites (tertiary alicyclic amines) is 1. The van der Waals surface area contributed by atoms with Crippen LogP contribution >= 0.6 is 23.2 Å². The van der Waals surface area contributed by atoms with E-state index in [0.29, 0.717) is 51.7 Å². The summed E-state index contributed by atoms with van der Waals surface area (Å²) in [7, 11) is 0. The lowest BCUT2D eigenvalue weighted by Crippen LogP contribution is -2.34. The van der Waals surface area contributed by atoms with Crippen LogP contribution in [0.1, 0.15) is 42.6 Å². The van der Waals surface area contributed by atoms with E-state index in [2.05, 4.69) is 44.7 Å². The molecule has 0 aliphatic carbocycles. The molecular weight excluding hydrogens is 512 g/mol. The highest BCUT2D eigenvalue weighted by atomic mass is 35.5. The van der Waals surface area contributed by atoms with Crippen molar-refractivity contribution >= 4 is 45.5 Å². The highest BCUT2D eigenvalue weighted by molar-refractivity contribution is 6.35. The van der Waals surface area contributed by atoms with E-state index < -0.39 is 5.82 Å². The van der Waals surface area contributed by atoms with Crippen LogP contribution in [0.15, 0.2) is 42.7 Å². The molecule has 2 aromatic carbocycles. The zero-order valence-electron chi connectivity index (χ0n) is 20.4. The van der Waals surface area contributed by atoms with Crippen molar-refractivity contribution in [1.29, 1.82) is 5.26 Å². The van der Waals surface area contributed by atoms with E-state index in [1.807, 2.05) is 16.8 Å². The Morgan fingerprint density at radius 2 is 1.95 bits per heavy atom. The summed E-state index contributed by atoms with van der Waals surface area (Å²) in [6, 6.07) is 10.8. The van der Waals surface area contributed by atoms with Crippen LogP contribution in [0.25, 0.3) is 10.9 Å². The van der Waals surface area contributed by atoms with Gasteiger partial charge in [0.15, 0.2) is 0 Å². The number of aromatic nitrogens is 4. The summed E-state index contributed by atoms with van der Waals surface area (Å²) >= 11 is 12.6. The van der Waals surface area contributed by atoms with Crippen LogP contribution in [0, 0.1) is 17.1 Å². The van der Waals surface area contributed by atoms with E-state index in [1.165, 1.54) is 18.3 Å². The zero-order chi connectivity index (χ0) is 25.9. The fourth-order valence-electron chi connectivity index (χ4n) is 4.78. The minimum atomic E-state index is -0.513. The molecule has 0 spiro atoms. The second-order valence-corrected chi connectivity index (χ2v) is 10.1. The Morgan fingerprint density at radius 1 is 1.14 bits per heavy atom. The summed E-state index contributed by atoms with van der Waals surface area (Å²) in [5.74, 6) is -0.513. The molecule has 1 aliphatic rings. The first kappa shape index (κ1) is 25.4. The fourth-order valence-corrected chi connectivity index (χ4v) is 5.25. The maximum Gasteiger partial charge on any atom is 0.141 e. The lowest BCUT2D eigenvalue weighted by Gasteiger charge is -2.30. The molecule has 3 heterocycles. The lowest BCUT2D eigenvalue weighted by atomic mass is 10.0. The van der Waals surface area contributed by atoms with Gasteiger partial charge in [-0.2, -0.15) is 5.26 Å². The molecule has 190 valence electrons. The number of halogens is 3. The van der Waals surface area contributed by atoms with Crippen molar-refractivity contribution in [3.05, 3.63) is 75.4 Å². The Labute approximate surface area is 224 Å². The van der Waals surface area contributed by atoms with Gasteiger partial charge in [0.1, 0.15) is 11.9 Å². The molecule has 37 heavy (non-hydrogen) atoms. The van der Waals surface area contributed by atoms with E-state index in [9.17, 15) is 9.65 Å².